The number of aromatic nitrogens is 2. The number of nitrogens with one attached hydrogen (secondary N) is 1. The van der Waals surface area contributed by atoms with Gasteiger partial charge in [0.2, 0.25) is 0 Å². The second-order valence-corrected chi connectivity index (χ2v) is 4.69. The third-order valence-electron chi connectivity index (χ3n) is 2.23. The van der Waals surface area contributed by atoms with Crippen molar-refractivity contribution in [3.63, 3.8) is 0 Å². The number of carbonyl (C=O) groups excluding carboxylic acids is 1. The van der Waals surface area contributed by atoms with E-state index >= 15 is 0 Å². The topological polar surface area (TPSA) is 90.1 Å². The molecule has 2 rings (SSSR count). The van der Waals surface area contributed by atoms with E-state index in [0.717, 1.165) is 5.69 Å². The van der Waals surface area contributed by atoms with Gasteiger partial charge in [-0.05, 0) is 19.1 Å². The fourth-order valence-electron chi connectivity index (χ4n) is 1.42. The summed E-state index contributed by atoms with van der Waals surface area (Å²) in [5.74, 6) is 0.126. The van der Waals surface area contributed by atoms with Gasteiger partial charge in [-0.1, -0.05) is 17.4 Å². The lowest BCUT2D eigenvalue weighted by Gasteiger charge is -2.02. The van der Waals surface area contributed by atoms with Crippen molar-refractivity contribution >= 4 is 28.3 Å². The standard InChI is InChI=1S/C12H14N4O2S/c1-2-18-11(17)9-7-15-12(19-9)14-6-8-4-3-5-10(13)16-8/h3-5,7H,2,6H2,1H3,(H2,13,16)(H,14,15). The van der Waals surface area contributed by atoms with Gasteiger partial charge in [0.25, 0.3) is 0 Å². The number of nitrogen functional groups attached to an aromatic ring is 1. The second kappa shape index (κ2) is 6.14. The summed E-state index contributed by atoms with van der Waals surface area (Å²) >= 11 is 1.25. The zero-order valence-corrected chi connectivity index (χ0v) is 11.2. The molecule has 100 valence electrons. The average molecular weight is 278 g/mol. The number of nitrogens with zero attached hydrogens (tertiary/aromatic N) is 2. The number of hydrogen-bond acceptors (Lipinski definition) is 7. The van der Waals surface area contributed by atoms with Crippen molar-refractivity contribution in [2.45, 2.75) is 13.5 Å². The zero-order chi connectivity index (χ0) is 13.7. The molecule has 0 aliphatic heterocycles. The quantitative estimate of drug-likeness (QED) is 0.812. The van der Waals surface area contributed by atoms with Gasteiger partial charge >= 0.3 is 5.97 Å². The maximum absolute atomic E-state index is 11.5. The molecule has 2 heterocycles. The Morgan fingerprint density at radius 3 is 3.11 bits per heavy atom. The molecule has 0 spiro atoms. The summed E-state index contributed by atoms with van der Waals surface area (Å²) in [5, 5.41) is 3.73. The number of rotatable bonds is 5. The number of carbonyl (C=O) groups is 1. The van der Waals surface area contributed by atoms with Gasteiger partial charge in [-0.3, -0.25) is 0 Å². The summed E-state index contributed by atoms with van der Waals surface area (Å²) in [5.41, 5.74) is 6.40. The van der Waals surface area contributed by atoms with Gasteiger partial charge < -0.3 is 15.8 Å². The lowest BCUT2D eigenvalue weighted by molar-refractivity contribution is 0.0532. The number of hydrogen-bond donors (Lipinski definition) is 2. The first-order chi connectivity index (χ1) is 9.19. The number of nitrogens with two attached hydrogens (primary N) is 1. The van der Waals surface area contributed by atoms with Gasteiger partial charge in [0.15, 0.2) is 5.13 Å². The monoisotopic (exact) mass is 278 g/mol. The van der Waals surface area contributed by atoms with E-state index in [1.54, 1.807) is 13.0 Å². The van der Waals surface area contributed by atoms with Crippen molar-refractivity contribution in [2.24, 2.45) is 0 Å². The normalized spacial score (nSPS) is 10.2. The Labute approximate surface area is 114 Å². The fraction of sp³-hybridized carbons (Fsp3) is 0.250. The smallest absolute Gasteiger partial charge is 0.350 e. The van der Waals surface area contributed by atoms with Crippen LogP contribution in [0.4, 0.5) is 10.9 Å². The third-order valence-corrected chi connectivity index (χ3v) is 3.17. The summed E-state index contributed by atoms with van der Waals surface area (Å²) in [6.07, 6.45) is 1.50. The molecule has 7 heteroatoms. The van der Waals surface area contributed by atoms with Crippen LogP contribution >= 0.6 is 11.3 Å². The molecule has 0 radical (unpaired) electrons. The van der Waals surface area contributed by atoms with Crippen LogP contribution in [0.2, 0.25) is 0 Å². The largest absolute Gasteiger partial charge is 0.462 e. The Morgan fingerprint density at radius 2 is 2.37 bits per heavy atom. The minimum atomic E-state index is -0.352. The molecule has 2 aromatic rings. The van der Waals surface area contributed by atoms with Gasteiger partial charge in [-0.25, -0.2) is 14.8 Å². The van der Waals surface area contributed by atoms with Gasteiger partial charge in [0, 0.05) is 0 Å². The van der Waals surface area contributed by atoms with Crippen LogP contribution in [0.25, 0.3) is 0 Å². The van der Waals surface area contributed by atoms with Crippen LogP contribution in [0, 0.1) is 0 Å². The van der Waals surface area contributed by atoms with E-state index in [0.29, 0.717) is 29.0 Å². The van der Waals surface area contributed by atoms with Gasteiger partial charge in [0.05, 0.1) is 25.0 Å². The van der Waals surface area contributed by atoms with Gasteiger partial charge in [0.1, 0.15) is 10.7 Å². The summed E-state index contributed by atoms with van der Waals surface area (Å²) < 4.78 is 4.89. The van der Waals surface area contributed by atoms with Crippen LogP contribution in [0.3, 0.4) is 0 Å². The highest BCUT2D eigenvalue weighted by Crippen LogP contribution is 2.19. The van der Waals surface area contributed by atoms with Crippen LogP contribution in [-0.2, 0) is 11.3 Å². The molecule has 0 unspecified atom stereocenters. The van der Waals surface area contributed by atoms with Crippen molar-refractivity contribution in [1.29, 1.82) is 0 Å². The van der Waals surface area contributed by atoms with Crippen molar-refractivity contribution in [3.8, 4) is 0 Å². The molecule has 19 heavy (non-hydrogen) atoms. The maximum Gasteiger partial charge on any atom is 0.350 e. The van der Waals surface area contributed by atoms with E-state index in [-0.39, 0.29) is 5.97 Å². The van der Waals surface area contributed by atoms with E-state index in [4.69, 9.17) is 10.5 Å². The van der Waals surface area contributed by atoms with Crippen LogP contribution < -0.4 is 11.1 Å². The fourth-order valence-corrected chi connectivity index (χ4v) is 2.12. The van der Waals surface area contributed by atoms with Crippen LogP contribution in [0.5, 0.6) is 0 Å². The van der Waals surface area contributed by atoms with E-state index in [1.165, 1.54) is 17.5 Å². The summed E-state index contributed by atoms with van der Waals surface area (Å²) in [6, 6.07) is 5.43. The highest BCUT2D eigenvalue weighted by molar-refractivity contribution is 7.17. The highest BCUT2D eigenvalue weighted by Gasteiger charge is 2.11. The maximum atomic E-state index is 11.5. The van der Waals surface area contributed by atoms with Gasteiger partial charge in [-0.2, -0.15) is 0 Å². The second-order valence-electron chi connectivity index (χ2n) is 3.66. The molecule has 0 saturated heterocycles. The van der Waals surface area contributed by atoms with Crippen molar-refractivity contribution in [2.75, 3.05) is 17.7 Å². The Hall–Kier alpha value is -2.15. The lowest BCUT2D eigenvalue weighted by Crippen LogP contribution is -2.02. The number of pyridine rings is 1. The van der Waals surface area contributed by atoms with Crippen LogP contribution in [0.15, 0.2) is 24.4 Å². The molecular formula is C12H14N4O2S. The summed E-state index contributed by atoms with van der Waals surface area (Å²) in [6.45, 7) is 2.62. The van der Waals surface area contributed by atoms with E-state index < -0.39 is 0 Å². The lowest BCUT2D eigenvalue weighted by atomic mass is 10.3. The Morgan fingerprint density at radius 1 is 1.53 bits per heavy atom. The molecule has 0 atom stereocenters. The summed E-state index contributed by atoms with van der Waals surface area (Å²) in [7, 11) is 0. The average Bonchev–Trinajstić information content (AvgIpc) is 2.86. The summed E-state index contributed by atoms with van der Waals surface area (Å²) in [4.78, 5) is 20.2. The molecule has 0 aliphatic rings. The number of esters is 1. The first-order valence-electron chi connectivity index (χ1n) is 5.77. The Balaban J connectivity index is 1.95. The molecule has 0 amide bonds. The Kier molecular flexibility index (Phi) is 4.30. The molecule has 0 saturated carbocycles. The SMILES string of the molecule is CCOC(=O)c1cnc(NCc2cccc(N)n2)s1. The van der Waals surface area contributed by atoms with E-state index in [9.17, 15) is 4.79 Å². The molecule has 6 nitrogen and oxygen atoms in total. The zero-order valence-electron chi connectivity index (χ0n) is 10.4. The molecule has 0 fully saturated rings. The number of thiazole rings is 1. The van der Waals surface area contributed by atoms with E-state index in [1.807, 2.05) is 12.1 Å². The molecular weight excluding hydrogens is 264 g/mol. The number of ether oxygens (including phenoxy) is 1. The molecule has 0 bridgehead atoms. The Bertz CT molecular complexity index is 570. The molecule has 2 aromatic heterocycles. The molecule has 0 aliphatic carbocycles. The predicted octanol–water partition coefficient (Wildman–Crippen LogP) is 1.91. The molecule has 3 N–H and O–H groups in total. The highest BCUT2D eigenvalue weighted by atomic mass is 32.1. The number of anilines is 2. The minimum Gasteiger partial charge on any atom is -0.462 e. The van der Waals surface area contributed by atoms with Gasteiger partial charge in [-0.15, -0.1) is 0 Å². The van der Waals surface area contributed by atoms with E-state index in [2.05, 4.69) is 15.3 Å². The predicted molar refractivity (Wildman–Crippen MR) is 74.0 cm³/mol. The van der Waals surface area contributed by atoms with Crippen molar-refractivity contribution in [1.82, 2.24) is 9.97 Å². The third kappa shape index (κ3) is 3.65. The minimum absolute atomic E-state index is 0.352. The van der Waals surface area contributed by atoms with Crippen LogP contribution in [-0.4, -0.2) is 22.5 Å². The van der Waals surface area contributed by atoms with Crippen LogP contribution in [0.1, 0.15) is 22.3 Å². The molecule has 0 aromatic carbocycles. The van der Waals surface area contributed by atoms with Crippen molar-refractivity contribution in [3.05, 3.63) is 35.0 Å². The first kappa shape index (κ1) is 13.3. The van der Waals surface area contributed by atoms with Crippen molar-refractivity contribution < 1.29 is 9.53 Å². The first-order valence-corrected chi connectivity index (χ1v) is 6.59.